The van der Waals surface area contributed by atoms with Crippen molar-refractivity contribution in [1.29, 1.82) is 0 Å². The van der Waals surface area contributed by atoms with E-state index in [1.54, 1.807) is 0 Å². The number of hydrogen-bond donors (Lipinski definition) is 1. The van der Waals surface area contributed by atoms with Crippen LogP contribution in [0.4, 0.5) is 20.2 Å². The number of benzene rings is 1. The number of pyridine rings is 1. The van der Waals surface area contributed by atoms with Gasteiger partial charge in [0.15, 0.2) is 6.10 Å². The van der Waals surface area contributed by atoms with Crippen LogP contribution in [0.1, 0.15) is 17.3 Å². The van der Waals surface area contributed by atoms with Gasteiger partial charge in [-0.1, -0.05) is 12.1 Å². The zero-order chi connectivity index (χ0) is 20.0. The number of nitro groups is 1. The van der Waals surface area contributed by atoms with Crippen LogP contribution in [0.5, 0.6) is 0 Å². The molecule has 0 bridgehead atoms. The number of alkyl halides is 2. The summed E-state index contributed by atoms with van der Waals surface area (Å²) in [4.78, 5) is 38.3. The van der Waals surface area contributed by atoms with Crippen molar-refractivity contribution in [3.8, 4) is 0 Å². The third kappa shape index (κ3) is 5.45. The van der Waals surface area contributed by atoms with E-state index in [2.05, 4.69) is 10.3 Å². The molecule has 0 saturated carbocycles. The molecule has 1 amide bonds. The Morgan fingerprint density at radius 1 is 1.26 bits per heavy atom. The number of aromatic nitrogens is 1. The predicted molar refractivity (Wildman–Crippen MR) is 92.7 cm³/mol. The minimum absolute atomic E-state index is 0.0641. The molecule has 2 aromatic rings. The third-order valence-corrected chi connectivity index (χ3v) is 3.93. The summed E-state index contributed by atoms with van der Waals surface area (Å²) >= 11 is 0.0759. The summed E-state index contributed by atoms with van der Waals surface area (Å²) in [7, 11) is 0. The molecule has 0 spiro atoms. The minimum Gasteiger partial charge on any atom is -0.449 e. The van der Waals surface area contributed by atoms with E-state index in [1.807, 2.05) is 0 Å². The molecule has 0 fully saturated rings. The first-order chi connectivity index (χ1) is 12.8. The molecule has 8 nitrogen and oxygen atoms in total. The lowest BCUT2D eigenvalue weighted by atomic mass is 10.2. The van der Waals surface area contributed by atoms with E-state index in [1.165, 1.54) is 49.5 Å². The first-order valence-electron chi connectivity index (χ1n) is 7.44. The van der Waals surface area contributed by atoms with Gasteiger partial charge < -0.3 is 10.1 Å². The van der Waals surface area contributed by atoms with Crippen molar-refractivity contribution in [2.45, 2.75) is 23.8 Å². The van der Waals surface area contributed by atoms with Gasteiger partial charge in [0.25, 0.3) is 17.4 Å². The summed E-state index contributed by atoms with van der Waals surface area (Å²) in [5, 5.41) is 13.0. The van der Waals surface area contributed by atoms with E-state index in [0.29, 0.717) is 0 Å². The van der Waals surface area contributed by atoms with Gasteiger partial charge >= 0.3 is 5.97 Å². The minimum atomic E-state index is -2.79. The lowest BCUT2D eigenvalue weighted by Gasteiger charge is -2.14. The fourth-order valence-electron chi connectivity index (χ4n) is 1.97. The third-order valence-electron chi connectivity index (χ3n) is 3.20. The molecule has 1 N–H and O–H groups in total. The average Bonchev–Trinajstić information content (AvgIpc) is 2.61. The normalized spacial score (nSPS) is 11.7. The van der Waals surface area contributed by atoms with Crippen LogP contribution in [0.15, 0.2) is 47.6 Å². The number of hydrogen-bond acceptors (Lipinski definition) is 7. The molecule has 2 rings (SSSR count). The summed E-state index contributed by atoms with van der Waals surface area (Å²) in [5.74, 6) is -4.62. The highest BCUT2D eigenvalue weighted by atomic mass is 32.2. The summed E-state index contributed by atoms with van der Waals surface area (Å²) in [6.45, 7) is 1.25. The summed E-state index contributed by atoms with van der Waals surface area (Å²) in [6, 6.07) is 8.06. The molecule has 0 saturated heterocycles. The molecular weight excluding hydrogens is 384 g/mol. The fourth-order valence-corrected chi connectivity index (χ4v) is 2.54. The van der Waals surface area contributed by atoms with Crippen molar-refractivity contribution in [2.24, 2.45) is 0 Å². The smallest absolute Gasteiger partial charge is 0.341 e. The molecule has 0 aliphatic carbocycles. The maximum atomic E-state index is 12.6. The molecule has 1 aromatic heterocycles. The highest BCUT2D eigenvalue weighted by Gasteiger charge is 2.24. The number of amides is 1. The summed E-state index contributed by atoms with van der Waals surface area (Å²) in [6.07, 6.45) is -0.0893. The highest BCUT2D eigenvalue weighted by Crippen LogP contribution is 2.27. The molecule has 27 heavy (non-hydrogen) atoms. The zero-order valence-corrected chi connectivity index (χ0v) is 14.6. The largest absolute Gasteiger partial charge is 0.449 e. The number of nitrogens with zero attached hydrogens (tertiary/aromatic N) is 2. The molecule has 0 aliphatic heterocycles. The Balaban J connectivity index is 2.09. The number of halogens is 2. The van der Waals surface area contributed by atoms with Gasteiger partial charge in [-0.3, -0.25) is 14.9 Å². The lowest BCUT2D eigenvalue weighted by molar-refractivity contribution is -0.383. The Morgan fingerprint density at radius 2 is 1.96 bits per heavy atom. The molecule has 0 aliphatic rings. The second kappa shape index (κ2) is 9.03. The zero-order valence-electron chi connectivity index (χ0n) is 13.8. The van der Waals surface area contributed by atoms with Crippen LogP contribution in [0, 0.1) is 10.1 Å². The maximum Gasteiger partial charge on any atom is 0.341 e. The van der Waals surface area contributed by atoms with Crippen LogP contribution in [-0.4, -0.2) is 33.6 Å². The second-order valence-corrected chi connectivity index (χ2v) is 6.02. The van der Waals surface area contributed by atoms with E-state index >= 15 is 0 Å². The number of nitro benzene ring substituents is 1. The Bertz CT molecular complexity index is 865. The van der Waals surface area contributed by atoms with Crippen LogP contribution in [0.3, 0.4) is 0 Å². The topological polar surface area (TPSA) is 111 Å². The molecule has 0 unspecified atom stereocenters. The van der Waals surface area contributed by atoms with Gasteiger partial charge in [-0.25, -0.2) is 9.78 Å². The van der Waals surface area contributed by atoms with E-state index < -0.39 is 28.7 Å². The van der Waals surface area contributed by atoms with Crippen molar-refractivity contribution in [1.82, 2.24) is 4.98 Å². The molecule has 1 atom stereocenters. The van der Waals surface area contributed by atoms with E-state index in [9.17, 15) is 28.5 Å². The van der Waals surface area contributed by atoms with Crippen molar-refractivity contribution >= 4 is 35.0 Å². The molecule has 1 aromatic carbocycles. The Morgan fingerprint density at radius 3 is 2.63 bits per heavy atom. The van der Waals surface area contributed by atoms with E-state index in [-0.39, 0.29) is 33.7 Å². The number of para-hydroxylation sites is 2. The van der Waals surface area contributed by atoms with Gasteiger partial charge in [0, 0.05) is 12.3 Å². The monoisotopic (exact) mass is 397 g/mol. The van der Waals surface area contributed by atoms with Crippen LogP contribution in [0.2, 0.25) is 0 Å². The summed E-state index contributed by atoms with van der Waals surface area (Å²) < 4.78 is 30.1. The standard InChI is InChI=1S/C16H13F2N3O5S/c1-9(13(22)20-11-6-2-3-7-12(11)21(24)25)26-15(23)10-5-4-8-19-14(10)27-16(17)18/h2-9,16H,1H3,(H,20,22)/t9-/m0/s1. The number of carbonyl (C=O) groups is 2. The SMILES string of the molecule is C[C@H](OC(=O)c1cccnc1SC(F)F)C(=O)Nc1ccccc1[N+](=O)[O-]. The maximum absolute atomic E-state index is 12.6. The number of rotatable bonds is 7. The van der Waals surface area contributed by atoms with Crippen LogP contribution >= 0.6 is 11.8 Å². The number of esters is 1. The van der Waals surface area contributed by atoms with Crippen LogP contribution in [0.25, 0.3) is 0 Å². The summed E-state index contributed by atoms with van der Waals surface area (Å²) in [5.41, 5.74) is -0.605. The fraction of sp³-hybridized carbons (Fsp3) is 0.188. The predicted octanol–water partition coefficient (Wildman–Crippen LogP) is 3.49. The quantitative estimate of drug-likeness (QED) is 0.329. The second-order valence-electron chi connectivity index (χ2n) is 5.05. The molecule has 11 heteroatoms. The van der Waals surface area contributed by atoms with Gasteiger partial charge in [0.05, 0.1) is 10.5 Å². The lowest BCUT2D eigenvalue weighted by Crippen LogP contribution is -2.30. The Kier molecular flexibility index (Phi) is 6.77. The highest BCUT2D eigenvalue weighted by molar-refractivity contribution is 7.99. The van der Waals surface area contributed by atoms with Crippen LogP contribution < -0.4 is 5.32 Å². The number of anilines is 1. The Hall–Kier alpha value is -3.08. The van der Waals surface area contributed by atoms with Crippen molar-refractivity contribution < 1.29 is 28.0 Å². The molecule has 1 heterocycles. The van der Waals surface area contributed by atoms with E-state index in [4.69, 9.17) is 4.74 Å². The van der Waals surface area contributed by atoms with Gasteiger partial charge in [-0.15, -0.1) is 0 Å². The molecule has 0 radical (unpaired) electrons. The van der Waals surface area contributed by atoms with E-state index in [0.717, 1.165) is 0 Å². The number of ether oxygens (including phenoxy) is 1. The number of carbonyl (C=O) groups excluding carboxylic acids is 2. The van der Waals surface area contributed by atoms with Crippen molar-refractivity contribution in [3.63, 3.8) is 0 Å². The van der Waals surface area contributed by atoms with Crippen LogP contribution in [-0.2, 0) is 9.53 Å². The van der Waals surface area contributed by atoms with Crippen molar-refractivity contribution in [2.75, 3.05) is 5.32 Å². The van der Waals surface area contributed by atoms with Crippen molar-refractivity contribution in [3.05, 3.63) is 58.3 Å². The van der Waals surface area contributed by atoms with Gasteiger partial charge in [-0.2, -0.15) is 8.78 Å². The Labute approximate surface area is 156 Å². The number of thioether (sulfide) groups is 1. The van der Waals surface area contributed by atoms with Gasteiger partial charge in [-0.05, 0) is 36.9 Å². The number of nitrogens with one attached hydrogen (secondary N) is 1. The van der Waals surface area contributed by atoms with Gasteiger partial charge in [0.2, 0.25) is 0 Å². The molecule has 142 valence electrons. The van der Waals surface area contributed by atoms with Gasteiger partial charge in [0.1, 0.15) is 10.7 Å². The first kappa shape index (κ1) is 20.2. The average molecular weight is 397 g/mol. The first-order valence-corrected chi connectivity index (χ1v) is 8.32. The molecular formula is C16H13F2N3O5S.